The summed E-state index contributed by atoms with van der Waals surface area (Å²) >= 11 is 1.56. The predicted octanol–water partition coefficient (Wildman–Crippen LogP) is 3.03. The van der Waals surface area contributed by atoms with E-state index in [9.17, 15) is 9.59 Å². The lowest BCUT2D eigenvalue weighted by Gasteiger charge is -2.46. The van der Waals surface area contributed by atoms with Crippen molar-refractivity contribution in [1.29, 1.82) is 0 Å². The van der Waals surface area contributed by atoms with Crippen LogP contribution >= 0.6 is 11.3 Å². The van der Waals surface area contributed by atoms with Gasteiger partial charge in [0, 0.05) is 17.4 Å². The van der Waals surface area contributed by atoms with Crippen LogP contribution in [0.4, 0.5) is 0 Å². The minimum Gasteiger partial charge on any atom is -0.493 e. The topological polar surface area (TPSA) is 73.9 Å². The second-order valence-corrected chi connectivity index (χ2v) is 7.23. The Hall–Kier alpha value is -2.54. The fraction of sp³-hybridized carbons (Fsp3) is 0.368. The summed E-state index contributed by atoms with van der Waals surface area (Å²) in [5.41, 5.74) is -0.464. The number of amides is 1. The average Bonchev–Trinajstić information content (AvgIpc) is 3.11. The maximum atomic E-state index is 12.5. The molecule has 3 atom stereocenters. The van der Waals surface area contributed by atoms with Gasteiger partial charge >= 0.3 is 5.97 Å². The van der Waals surface area contributed by atoms with Crippen LogP contribution in [-0.2, 0) is 19.9 Å². The van der Waals surface area contributed by atoms with Crippen molar-refractivity contribution in [3.8, 4) is 11.5 Å². The maximum Gasteiger partial charge on any atom is 0.303 e. The summed E-state index contributed by atoms with van der Waals surface area (Å²) in [6, 6.07) is 8.97. The molecule has 1 aromatic carbocycles. The summed E-state index contributed by atoms with van der Waals surface area (Å²) in [5, 5.41) is 4.87. The van der Waals surface area contributed by atoms with E-state index in [0.29, 0.717) is 17.1 Å². The number of methoxy groups -OCH3 is 2. The molecular formula is C19H21NO5S. The molecule has 138 valence electrons. The zero-order valence-electron chi connectivity index (χ0n) is 15.1. The second kappa shape index (κ2) is 6.99. The second-order valence-electron chi connectivity index (χ2n) is 6.25. The van der Waals surface area contributed by atoms with E-state index in [4.69, 9.17) is 14.2 Å². The first-order valence-corrected chi connectivity index (χ1v) is 9.04. The van der Waals surface area contributed by atoms with Crippen LogP contribution in [-0.4, -0.2) is 26.1 Å². The van der Waals surface area contributed by atoms with Gasteiger partial charge in [-0.05, 0) is 30.5 Å². The summed E-state index contributed by atoms with van der Waals surface area (Å²) in [5.74, 6) is -0.0675. The monoisotopic (exact) mass is 375 g/mol. The molecule has 0 saturated carbocycles. The fourth-order valence-electron chi connectivity index (χ4n) is 3.40. The highest BCUT2D eigenvalue weighted by atomic mass is 32.1. The third kappa shape index (κ3) is 3.03. The van der Waals surface area contributed by atoms with Gasteiger partial charge < -0.3 is 19.5 Å². The molecule has 0 radical (unpaired) electrons. The molecule has 1 aromatic heterocycles. The van der Waals surface area contributed by atoms with Crippen LogP contribution in [0.3, 0.4) is 0 Å². The highest BCUT2D eigenvalue weighted by molar-refractivity contribution is 7.10. The van der Waals surface area contributed by atoms with E-state index in [0.717, 1.165) is 4.88 Å². The molecule has 7 heteroatoms. The molecule has 3 unspecified atom stereocenters. The van der Waals surface area contributed by atoms with Crippen molar-refractivity contribution in [2.45, 2.75) is 25.5 Å². The van der Waals surface area contributed by atoms with Gasteiger partial charge in [-0.1, -0.05) is 12.1 Å². The first-order valence-electron chi connectivity index (χ1n) is 8.16. The van der Waals surface area contributed by atoms with Gasteiger partial charge in [0.15, 0.2) is 11.5 Å². The number of nitrogens with one attached hydrogen (secondary N) is 1. The molecule has 6 nitrogen and oxygen atoms in total. The van der Waals surface area contributed by atoms with Crippen LogP contribution in [0.15, 0.2) is 35.7 Å². The number of hydrogen-bond acceptors (Lipinski definition) is 6. The van der Waals surface area contributed by atoms with Crippen molar-refractivity contribution < 1.29 is 23.8 Å². The first-order chi connectivity index (χ1) is 12.4. The largest absolute Gasteiger partial charge is 0.493 e. The van der Waals surface area contributed by atoms with E-state index in [1.807, 2.05) is 17.5 Å². The van der Waals surface area contributed by atoms with Crippen LogP contribution in [0.1, 0.15) is 30.3 Å². The molecule has 3 rings (SSSR count). The Morgan fingerprint density at radius 3 is 2.46 bits per heavy atom. The zero-order valence-corrected chi connectivity index (χ0v) is 15.9. The molecule has 1 amide bonds. The number of hydrogen-bond donors (Lipinski definition) is 1. The molecule has 1 fully saturated rings. The van der Waals surface area contributed by atoms with Crippen molar-refractivity contribution in [2.75, 3.05) is 14.2 Å². The molecular weight excluding hydrogens is 354 g/mol. The first kappa shape index (κ1) is 18.3. The number of carbonyl (C=O) groups excluding carboxylic acids is 2. The summed E-state index contributed by atoms with van der Waals surface area (Å²) in [6.07, 6.45) is 0. The Bertz CT molecular complexity index is 819. The highest BCUT2D eigenvalue weighted by Crippen LogP contribution is 2.48. The third-order valence-electron chi connectivity index (χ3n) is 4.67. The number of ether oxygens (including phenoxy) is 3. The fourth-order valence-corrected chi connectivity index (χ4v) is 4.21. The Morgan fingerprint density at radius 2 is 1.92 bits per heavy atom. The summed E-state index contributed by atoms with van der Waals surface area (Å²) in [4.78, 5) is 25.3. The van der Waals surface area contributed by atoms with E-state index < -0.39 is 17.5 Å². The van der Waals surface area contributed by atoms with Crippen LogP contribution in [0, 0.1) is 5.92 Å². The van der Waals surface area contributed by atoms with Crippen LogP contribution in [0.25, 0.3) is 0 Å². The third-order valence-corrected chi connectivity index (χ3v) is 5.62. The number of β-lactam (4-membered cyclic amide) rings is 1. The van der Waals surface area contributed by atoms with Gasteiger partial charge in [0.2, 0.25) is 5.91 Å². The summed E-state index contributed by atoms with van der Waals surface area (Å²) < 4.78 is 16.4. The smallest absolute Gasteiger partial charge is 0.303 e. The Balaban J connectivity index is 2.06. The minimum absolute atomic E-state index is 0.151. The van der Waals surface area contributed by atoms with E-state index in [2.05, 4.69) is 5.32 Å². The van der Waals surface area contributed by atoms with Gasteiger partial charge in [0.25, 0.3) is 0 Å². The number of carbonyl (C=O) groups is 2. The Labute approximate surface area is 156 Å². The van der Waals surface area contributed by atoms with Crippen LogP contribution in [0.5, 0.6) is 11.5 Å². The normalized spacial score (nSPS) is 21.2. The van der Waals surface area contributed by atoms with E-state index in [1.54, 1.807) is 43.6 Å². The van der Waals surface area contributed by atoms with Gasteiger partial charge in [-0.25, -0.2) is 0 Å². The Kier molecular flexibility index (Phi) is 4.91. The molecule has 1 saturated heterocycles. The molecule has 1 N–H and O–H groups in total. The van der Waals surface area contributed by atoms with Crippen molar-refractivity contribution in [2.24, 2.45) is 5.92 Å². The van der Waals surface area contributed by atoms with Gasteiger partial charge in [-0.3, -0.25) is 9.59 Å². The SMILES string of the molecule is COc1ccc(C(C)(OC(C)=O)C2C(=O)NC2c2cccs2)cc1OC. The van der Waals surface area contributed by atoms with E-state index in [-0.39, 0.29) is 11.9 Å². The van der Waals surface area contributed by atoms with E-state index in [1.165, 1.54) is 14.0 Å². The van der Waals surface area contributed by atoms with Crippen molar-refractivity contribution in [1.82, 2.24) is 5.32 Å². The Morgan fingerprint density at radius 1 is 1.19 bits per heavy atom. The molecule has 0 aliphatic carbocycles. The molecule has 1 aliphatic rings. The van der Waals surface area contributed by atoms with Crippen molar-refractivity contribution in [3.63, 3.8) is 0 Å². The zero-order chi connectivity index (χ0) is 18.9. The molecule has 0 bridgehead atoms. The van der Waals surface area contributed by atoms with Crippen molar-refractivity contribution >= 4 is 23.2 Å². The van der Waals surface area contributed by atoms with Crippen LogP contribution < -0.4 is 14.8 Å². The quantitative estimate of drug-likeness (QED) is 0.621. The lowest BCUT2D eigenvalue weighted by atomic mass is 9.72. The summed E-state index contributed by atoms with van der Waals surface area (Å²) in [6.45, 7) is 3.11. The van der Waals surface area contributed by atoms with E-state index >= 15 is 0 Å². The summed E-state index contributed by atoms with van der Waals surface area (Å²) in [7, 11) is 3.09. The van der Waals surface area contributed by atoms with Crippen molar-refractivity contribution in [3.05, 3.63) is 46.2 Å². The van der Waals surface area contributed by atoms with Gasteiger partial charge in [-0.15, -0.1) is 11.3 Å². The number of rotatable bonds is 6. The van der Waals surface area contributed by atoms with Crippen LogP contribution in [0.2, 0.25) is 0 Å². The lowest BCUT2D eigenvalue weighted by molar-refractivity contribution is -0.175. The van der Waals surface area contributed by atoms with Gasteiger partial charge in [0.1, 0.15) is 11.5 Å². The maximum absolute atomic E-state index is 12.5. The number of benzene rings is 1. The average molecular weight is 375 g/mol. The molecule has 1 aliphatic heterocycles. The highest BCUT2D eigenvalue weighted by Gasteiger charge is 2.55. The number of thiophene rings is 1. The van der Waals surface area contributed by atoms with Gasteiger partial charge in [0.05, 0.1) is 20.3 Å². The predicted molar refractivity (Wildman–Crippen MR) is 97.4 cm³/mol. The number of esters is 1. The molecule has 2 heterocycles. The lowest BCUT2D eigenvalue weighted by Crippen LogP contribution is -2.60. The molecule has 2 aromatic rings. The molecule has 0 spiro atoms. The molecule has 26 heavy (non-hydrogen) atoms. The van der Waals surface area contributed by atoms with Gasteiger partial charge in [-0.2, -0.15) is 0 Å². The minimum atomic E-state index is -1.14. The standard InChI is InChI=1S/C19H21NO5S/c1-11(21)25-19(2,12-7-8-13(23-3)14(10-12)24-4)16-17(20-18(16)22)15-6-5-9-26-15/h5-10,16-17H,1-4H3,(H,20,22).